The highest BCUT2D eigenvalue weighted by molar-refractivity contribution is 5.13. The van der Waals surface area contributed by atoms with Gasteiger partial charge in [0.15, 0.2) is 5.82 Å². The molecule has 1 saturated heterocycles. The van der Waals surface area contributed by atoms with Gasteiger partial charge in [-0.15, -0.1) is 0 Å². The summed E-state index contributed by atoms with van der Waals surface area (Å²) in [5.41, 5.74) is 1.16. The second-order valence-corrected chi connectivity index (χ2v) is 6.31. The first-order chi connectivity index (χ1) is 11.8. The molecule has 0 radical (unpaired) electrons. The lowest BCUT2D eigenvalue weighted by Crippen LogP contribution is -2.43. The van der Waals surface area contributed by atoms with Crippen LogP contribution >= 0.6 is 0 Å². The quantitative estimate of drug-likeness (QED) is 0.859. The lowest BCUT2D eigenvalue weighted by atomic mass is 10.1. The maximum Gasteiger partial charge on any atom is 0.250 e. The van der Waals surface area contributed by atoms with Gasteiger partial charge in [-0.25, -0.2) is 9.37 Å². The van der Waals surface area contributed by atoms with Crippen LogP contribution in [-0.2, 0) is 17.8 Å². The number of ether oxygens (including phenoxy) is 2. The van der Waals surface area contributed by atoms with Crippen LogP contribution in [0.1, 0.15) is 18.5 Å². The van der Waals surface area contributed by atoms with Gasteiger partial charge in [-0.05, 0) is 31.0 Å². The van der Waals surface area contributed by atoms with Gasteiger partial charge >= 0.3 is 0 Å². The van der Waals surface area contributed by atoms with Crippen LogP contribution in [0.25, 0.3) is 0 Å². The van der Waals surface area contributed by atoms with Crippen molar-refractivity contribution in [3.63, 3.8) is 0 Å². The summed E-state index contributed by atoms with van der Waals surface area (Å²) >= 11 is 0. The van der Waals surface area contributed by atoms with Gasteiger partial charge in [-0.2, -0.15) is 5.10 Å². The van der Waals surface area contributed by atoms with E-state index in [1.165, 1.54) is 6.07 Å². The Balaban J connectivity index is 1.56. The average Bonchev–Trinajstić information content (AvgIpc) is 2.96. The van der Waals surface area contributed by atoms with Crippen LogP contribution < -0.4 is 4.74 Å². The maximum absolute atomic E-state index is 13.9. The molecule has 7 heteroatoms. The number of rotatable bonds is 3. The van der Waals surface area contributed by atoms with Crippen LogP contribution in [0.2, 0.25) is 0 Å². The molecule has 0 spiro atoms. The summed E-state index contributed by atoms with van der Waals surface area (Å²) in [6, 6.07) is 5.43. The molecule has 2 aliphatic rings. The summed E-state index contributed by atoms with van der Waals surface area (Å²) < 4.78 is 27.2. The number of aromatic nitrogens is 3. The molecule has 0 unspecified atom stereocenters. The summed E-state index contributed by atoms with van der Waals surface area (Å²) in [4.78, 5) is 6.43. The van der Waals surface area contributed by atoms with E-state index in [4.69, 9.17) is 9.47 Å². The molecular weight excluding hydrogens is 311 g/mol. The van der Waals surface area contributed by atoms with Crippen molar-refractivity contribution < 1.29 is 13.9 Å². The molecule has 1 atom stereocenters. The van der Waals surface area contributed by atoms with Gasteiger partial charge < -0.3 is 9.47 Å². The second-order valence-electron chi connectivity index (χ2n) is 6.31. The first kappa shape index (κ1) is 15.5. The van der Waals surface area contributed by atoms with E-state index in [-0.39, 0.29) is 12.0 Å². The van der Waals surface area contributed by atoms with Gasteiger partial charge in [0.05, 0.1) is 12.2 Å². The molecular formula is C17H21FN4O2. The van der Waals surface area contributed by atoms with Crippen LogP contribution in [0.5, 0.6) is 5.88 Å². The van der Waals surface area contributed by atoms with Crippen molar-refractivity contribution in [2.24, 2.45) is 0 Å². The Hall–Kier alpha value is -1.99. The Labute approximate surface area is 140 Å². The number of halogens is 1. The third-order valence-corrected chi connectivity index (χ3v) is 4.69. The smallest absolute Gasteiger partial charge is 0.250 e. The van der Waals surface area contributed by atoms with Gasteiger partial charge in [-0.1, -0.05) is 0 Å². The first-order valence-corrected chi connectivity index (χ1v) is 8.39. The van der Waals surface area contributed by atoms with E-state index in [1.54, 1.807) is 18.5 Å². The Kier molecular flexibility index (Phi) is 4.44. The lowest BCUT2D eigenvalue weighted by molar-refractivity contribution is 0.0159. The molecule has 0 aromatic carbocycles. The van der Waals surface area contributed by atoms with Gasteiger partial charge in [0, 0.05) is 44.7 Å². The predicted octanol–water partition coefficient (Wildman–Crippen LogP) is 1.86. The van der Waals surface area contributed by atoms with Crippen molar-refractivity contribution in [3.05, 3.63) is 42.1 Å². The SMILES string of the molecule is Fc1cccnc1O[C@H]1CN(C2CCOCC2)Cc2ccnn2C1. The number of nitrogens with zero attached hydrogens (tertiary/aromatic N) is 4. The molecule has 2 aromatic rings. The fraction of sp³-hybridized carbons (Fsp3) is 0.529. The zero-order valence-corrected chi connectivity index (χ0v) is 13.5. The number of hydrogen-bond donors (Lipinski definition) is 0. The minimum atomic E-state index is -0.431. The molecule has 0 N–H and O–H groups in total. The third-order valence-electron chi connectivity index (χ3n) is 4.69. The molecule has 1 fully saturated rings. The van der Waals surface area contributed by atoms with E-state index in [2.05, 4.69) is 15.0 Å². The molecule has 2 aliphatic heterocycles. The Morgan fingerprint density at radius 2 is 2.04 bits per heavy atom. The normalized spacial score (nSPS) is 22.8. The zero-order valence-electron chi connectivity index (χ0n) is 13.5. The Morgan fingerprint density at radius 3 is 2.88 bits per heavy atom. The number of pyridine rings is 1. The molecule has 0 amide bonds. The highest BCUT2D eigenvalue weighted by atomic mass is 19.1. The van der Waals surface area contributed by atoms with Gasteiger partial charge in [0.2, 0.25) is 0 Å². The molecule has 2 aromatic heterocycles. The predicted molar refractivity (Wildman–Crippen MR) is 85.1 cm³/mol. The van der Waals surface area contributed by atoms with Crippen molar-refractivity contribution in [1.29, 1.82) is 0 Å². The summed E-state index contributed by atoms with van der Waals surface area (Å²) in [5.74, 6) is -0.370. The molecule has 6 nitrogen and oxygen atoms in total. The Morgan fingerprint density at radius 1 is 1.17 bits per heavy atom. The molecule has 4 rings (SSSR count). The highest BCUT2D eigenvalue weighted by Gasteiger charge is 2.30. The minimum Gasteiger partial charge on any atom is -0.469 e. The largest absolute Gasteiger partial charge is 0.469 e. The van der Waals surface area contributed by atoms with E-state index in [9.17, 15) is 4.39 Å². The van der Waals surface area contributed by atoms with Crippen LogP contribution in [-0.4, -0.2) is 51.6 Å². The zero-order chi connectivity index (χ0) is 16.4. The van der Waals surface area contributed by atoms with Gasteiger partial charge in [0.25, 0.3) is 5.88 Å². The molecule has 0 bridgehead atoms. The van der Waals surface area contributed by atoms with Crippen molar-refractivity contribution in [3.8, 4) is 5.88 Å². The van der Waals surface area contributed by atoms with E-state index < -0.39 is 5.82 Å². The monoisotopic (exact) mass is 332 g/mol. The van der Waals surface area contributed by atoms with Crippen LogP contribution in [0.15, 0.2) is 30.6 Å². The number of hydrogen-bond acceptors (Lipinski definition) is 5. The van der Waals surface area contributed by atoms with Crippen LogP contribution in [0.4, 0.5) is 4.39 Å². The van der Waals surface area contributed by atoms with Gasteiger partial charge in [-0.3, -0.25) is 9.58 Å². The van der Waals surface area contributed by atoms with Crippen LogP contribution in [0, 0.1) is 5.82 Å². The van der Waals surface area contributed by atoms with Crippen molar-refractivity contribution in [1.82, 2.24) is 19.7 Å². The second kappa shape index (κ2) is 6.86. The fourth-order valence-electron chi connectivity index (χ4n) is 3.46. The topological polar surface area (TPSA) is 52.4 Å². The van der Waals surface area contributed by atoms with Gasteiger partial charge in [0.1, 0.15) is 6.10 Å². The summed E-state index contributed by atoms with van der Waals surface area (Å²) in [6.45, 7) is 3.74. The van der Waals surface area contributed by atoms with E-state index in [0.717, 1.165) is 44.8 Å². The van der Waals surface area contributed by atoms with Crippen molar-refractivity contribution in [2.75, 3.05) is 19.8 Å². The van der Waals surface area contributed by atoms with E-state index in [0.29, 0.717) is 12.6 Å². The lowest BCUT2D eigenvalue weighted by Gasteiger charge is -2.34. The number of fused-ring (bicyclic) bond motifs is 1. The first-order valence-electron chi connectivity index (χ1n) is 8.39. The minimum absolute atomic E-state index is 0.0602. The van der Waals surface area contributed by atoms with E-state index >= 15 is 0 Å². The van der Waals surface area contributed by atoms with E-state index in [1.807, 2.05) is 10.7 Å². The molecule has 0 saturated carbocycles. The third kappa shape index (κ3) is 3.27. The van der Waals surface area contributed by atoms with Crippen molar-refractivity contribution >= 4 is 0 Å². The highest BCUT2D eigenvalue weighted by Crippen LogP contribution is 2.23. The summed E-state index contributed by atoms with van der Waals surface area (Å²) in [6.07, 6.45) is 5.18. The average molecular weight is 332 g/mol. The van der Waals surface area contributed by atoms with Crippen molar-refractivity contribution in [2.45, 2.75) is 38.1 Å². The summed E-state index contributed by atoms with van der Waals surface area (Å²) in [5, 5.41) is 4.38. The molecule has 128 valence electrons. The molecule has 0 aliphatic carbocycles. The van der Waals surface area contributed by atoms with Crippen LogP contribution in [0.3, 0.4) is 0 Å². The Bertz CT molecular complexity index is 687. The molecule has 4 heterocycles. The standard InChI is InChI=1S/C17H21FN4O2/c18-16-2-1-6-19-17(16)24-15-11-21(13-4-8-23-9-5-13)10-14-3-7-20-22(14)12-15/h1-3,6-7,13,15H,4-5,8-12H2/t15-/m0/s1. The maximum atomic E-state index is 13.9. The fourth-order valence-corrected chi connectivity index (χ4v) is 3.46. The summed E-state index contributed by atoms with van der Waals surface area (Å²) in [7, 11) is 0. The molecule has 24 heavy (non-hydrogen) atoms.